The van der Waals surface area contributed by atoms with E-state index in [4.69, 9.17) is 9.47 Å². The van der Waals surface area contributed by atoms with Gasteiger partial charge in [0.15, 0.2) is 0 Å². The largest absolute Gasteiger partial charge is 0.497 e. The van der Waals surface area contributed by atoms with E-state index < -0.39 is 16.1 Å². The Bertz CT molecular complexity index is 896. The normalized spacial score (nSPS) is 20.3. The standard InChI is InChI=1S/C20H29N3O6S/c1-4-29-20(25)22-12-10-21(11-13-22)19(24)17-6-5-9-23(17)30(26,27)18-14-16(28-3)8-7-15(18)2/h7-8,14,17H,4-6,9-13H2,1-3H3. The number of ether oxygens (including phenoxy) is 2. The van der Waals surface area contributed by atoms with Crippen molar-refractivity contribution in [2.24, 2.45) is 0 Å². The van der Waals surface area contributed by atoms with E-state index in [1.165, 1.54) is 17.5 Å². The van der Waals surface area contributed by atoms with Gasteiger partial charge in [-0.1, -0.05) is 6.07 Å². The zero-order valence-electron chi connectivity index (χ0n) is 17.7. The van der Waals surface area contributed by atoms with Crippen LogP contribution in [0.15, 0.2) is 23.1 Å². The zero-order chi connectivity index (χ0) is 21.9. The third-order valence-corrected chi connectivity index (χ3v) is 7.64. The molecule has 1 aromatic carbocycles. The second-order valence-electron chi connectivity index (χ2n) is 7.42. The van der Waals surface area contributed by atoms with Crippen LogP contribution >= 0.6 is 0 Å². The number of methoxy groups -OCH3 is 1. The molecule has 166 valence electrons. The molecule has 0 radical (unpaired) electrons. The van der Waals surface area contributed by atoms with Gasteiger partial charge in [-0.3, -0.25) is 4.79 Å². The predicted octanol–water partition coefficient (Wildman–Crippen LogP) is 1.46. The van der Waals surface area contributed by atoms with Crippen molar-refractivity contribution in [1.82, 2.24) is 14.1 Å². The summed E-state index contributed by atoms with van der Waals surface area (Å²) in [5.41, 5.74) is 0.608. The van der Waals surface area contributed by atoms with E-state index in [-0.39, 0.29) is 16.9 Å². The van der Waals surface area contributed by atoms with Crippen LogP contribution in [-0.2, 0) is 19.6 Å². The van der Waals surface area contributed by atoms with E-state index in [0.29, 0.717) is 63.5 Å². The van der Waals surface area contributed by atoms with Crippen molar-refractivity contribution in [1.29, 1.82) is 0 Å². The first-order valence-electron chi connectivity index (χ1n) is 10.2. The molecular formula is C20H29N3O6S. The van der Waals surface area contributed by atoms with Gasteiger partial charge in [-0.2, -0.15) is 4.31 Å². The van der Waals surface area contributed by atoms with Gasteiger partial charge >= 0.3 is 6.09 Å². The van der Waals surface area contributed by atoms with Crippen molar-refractivity contribution in [3.05, 3.63) is 23.8 Å². The Kier molecular flexibility index (Phi) is 6.87. The fourth-order valence-electron chi connectivity index (χ4n) is 3.92. The van der Waals surface area contributed by atoms with E-state index >= 15 is 0 Å². The summed E-state index contributed by atoms with van der Waals surface area (Å²) in [4.78, 5) is 28.4. The Labute approximate surface area is 177 Å². The summed E-state index contributed by atoms with van der Waals surface area (Å²) < 4.78 is 38.2. The molecule has 2 amide bonds. The molecule has 0 saturated carbocycles. The van der Waals surface area contributed by atoms with Crippen LogP contribution in [0, 0.1) is 6.92 Å². The summed E-state index contributed by atoms with van der Waals surface area (Å²) in [6, 6.07) is 4.19. The Hall–Kier alpha value is -2.33. The van der Waals surface area contributed by atoms with Crippen molar-refractivity contribution in [3.8, 4) is 5.75 Å². The van der Waals surface area contributed by atoms with Gasteiger partial charge in [-0.05, 0) is 38.3 Å². The molecule has 9 nitrogen and oxygen atoms in total. The fourth-order valence-corrected chi connectivity index (χ4v) is 5.81. The van der Waals surface area contributed by atoms with Gasteiger partial charge in [-0.15, -0.1) is 0 Å². The molecule has 2 aliphatic rings. The average molecular weight is 440 g/mol. The lowest BCUT2D eigenvalue weighted by Gasteiger charge is -2.36. The first-order valence-corrected chi connectivity index (χ1v) is 11.6. The number of hydrogen-bond acceptors (Lipinski definition) is 6. The van der Waals surface area contributed by atoms with Crippen LogP contribution in [0.4, 0.5) is 4.79 Å². The number of amides is 2. The van der Waals surface area contributed by atoms with Crippen molar-refractivity contribution < 1.29 is 27.5 Å². The molecule has 0 spiro atoms. The molecule has 2 saturated heterocycles. The van der Waals surface area contributed by atoms with Crippen molar-refractivity contribution >= 4 is 22.0 Å². The zero-order valence-corrected chi connectivity index (χ0v) is 18.5. The summed E-state index contributed by atoms with van der Waals surface area (Å²) in [6.45, 7) is 5.55. The number of rotatable bonds is 5. The van der Waals surface area contributed by atoms with Gasteiger partial charge < -0.3 is 19.3 Å². The number of nitrogens with zero attached hydrogens (tertiary/aromatic N) is 3. The van der Waals surface area contributed by atoms with Gasteiger partial charge in [0, 0.05) is 38.8 Å². The molecule has 3 rings (SSSR count). The van der Waals surface area contributed by atoms with Crippen molar-refractivity contribution in [3.63, 3.8) is 0 Å². The predicted molar refractivity (Wildman–Crippen MR) is 110 cm³/mol. The van der Waals surface area contributed by atoms with Crippen LogP contribution in [-0.4, -0.2) is 87.0 Å². The molecule has 0 bridgehead atoms. The van der Waals surface area contributed by atoms with Crippen LogP contribution in [0.25, 0.3) is 0 Å². The van der Waals surface area contributed by atoms with Crippen LogP contribution in [0.1, 0.15) is 25.3 Å². The quantitative estimate of drug-likeness (QED) is 0.689. The Morgan fingerprint density at radius 2 is 1.77 bits per heavy atom. The molecule has 1 aromatic rings. The molecular weight excluding hydrogens is 410 g/mol. The van der Waals surface area contributed by atoms with E-state index in [0.717, 1.165) is 0 Å². The first-order chi connectivity index (χ1) is 14.3. The molecule has 2 heterocycles. The Morgan fingerprint density at radius 3 is 2.40 bits per heavy atom. The summed E-state index contributed by atoms with van der Waals surface area (Å²) in [5.74, 6) is 0.247. The molecule has 10 heteroatoms. The minimum absolute atomic E-state index is 0.161. The average Bonchev–Trinajstić information content (AvgIpc) is 3.24. The van der Waals surface area contributed by atoms with E-state index in [1.807, 2.05) is 0 Å². The minimum Gasteiger partial charge on any atom is -0.497 e. The maximum atomic E-state index is 13.4. The molecule has 30 heavy (non-hydrogen) atoms. The first kappa shape index (κ1) is 22.4. The van der Waals surface area contributed by atoms with E-state index in [2.05, 4.69) is 0 Å². The summed E-state index contributed by atoms with van der Waals surface area (Å²) in [5, 5.41) is 0. The maximum absolute atomic E-state index is 13.4. The number of aryl methyl sites for hydroxylation is 1. The van der Waals surface area contributed by atoms with E-state index in [1.54, 1.807) is 35.8 Å². The van der Waals surface area contributed by atoms with Crippen LogP contribution in [0.3, 0.4) is 0 Å². The summed E-state index contributed by atoms with van der Waals surface area (Å²) in [6.07, 6.45) is 0.726. The van der Waals surface area contributed by atoms with Gasteiger partial charge in [0.1, 0.15) is 11.8 Å². The molecule has 0 aliphatic carbocycles. The second-order valence-corrected chi connectivity index (χ2v) is 9.28. The number of hydrogen-bond donors (Lipinski definition) is 0. The van der Waals surface area contributed by atoms with Gasteiger partial charge in [0.2, 0.25) is 15.9 Å². The van der Waals surface area contributed by atoms with Crippen molar-refractivity contribution in [2.45, 2.75) is 37.6 Å². The molecule has 0 aromatic heterocycles. The third kappa shape index (κ3) is 4.39. The molecule has 1 unspecified atom stereocenters. The number of sulfonamides is 1. The highest BCUT2D eigenvalue weighted by Crippen LogP contribution is 2.31. The Morgan fingerprint density at radius 1 is 1.10 bits per heavy atom. The van der Waals surface area contributed by atoms with E-state index in [9.17, 15) is 18.0 Å². The third-order valence-electron chi connectivity index (χ3n) is 5.59. The highest BCUT2D eigenvalue weighted by molar-refractivity contribution is 7.89. The topological polar surface area (TPSA) is 96.5 Å². The van der Waals surface area contributed by atoms with Gasteiger partial charge in [0.25, 0.3) is 0 Å². The molecule has 1 atom stereocenters. The smallest absolute Gasteiger partial charge is 0.409 e. The number of carbonyl (C=O) groups excluding carboxylic acids is 2. The lowest BCUT2D eigenvalue weighted by molar-refractivity contribution is -0.136. The Balaban J connectivity index is 1.74. The molecule has 2 fully saturated rings. The lowest BCUT2D eigenvalue weighted by atomic mass is 10.2. The fraction of sp³-hybridized carbons (Fsp3) is 0.600. The maximum Gasteiger partial charge on any atom is 0.409 e. The molecule has 0 N–H and O–H groups in total. The highest BCUT2D eigenvalue weighted by atomic mass is 32.2. The second kappa shape index (κ2) is 9.22. The summed E-state index contributed by atoms with van der Waals surface area (Å²) in [7, 11) is -2.36. The molecule has 2 aliphatic heterocycles. The minimum atomic E-state index is -3.85. The van der Waals surface area contributed by atoms with Crippen molar-refractivity contribution in [2.75, 3.05) is 46.4 Å². The van der Waals surface area contributed by atoms with Crippen LogP contribution in [0.5, 0.6) is 5.75 Å². The lowest BCUT2D eigenvalue weighted by Crippen LogP contribution is -2.55. The number of benzene rings is 1. The SMILES string of the molecule is CCOC(=O)N1CCN(C(=O)C2CCCN2S(=O)(=O)c2cc(OC)ccc2C)CC1. The van der Waals surface area contributed by atoms with Crippen LogP contribution < -0.4 is 4.74 Å². The number of piperazine rings is 1. The van der Waals surface area contributed by atoms with Crippen LogP contribution in [0.2, 0.25) is 0 Å². The monoisotopic (exact) mass is 439 g/mol. The van der Waals surface area contributed by atoms with Gasteiger partial charge in [0.05, 0.1) is 18.6 Å². The summed E-state index contributed by atoms with van der Waals surface area (Å²) >= 11 is 0. The highest BCUT2D eigenvalue weighted by Gasteiger charge is 2.42. The van der Waals surface area contributed by atoms with Gasteiger partial charge in [-0.25, -0.2) is 13.2 Å². The number of carbonyl (C=O) groups is 2.